The maximum atomic E-state index is 13.9. The van der Waals surface area contributed by atoms with Crippen LogP contribution in [0.1, 0.15) is 28.1 Å². The third-order valence-electron chi connectivity index (χ3n) is 5.49. The Morgan fingerprint density at radius 3 is 2.73 bits per heavy atom. The molecule has 0 saturated heterocycles. The van der Waals surface area contributed by atoms with Gasteiger partial charge in [-0.15, -0.1) is 0 Å². The Morgan fingerprint density at radius 2 is 1.93 bits per heavy atom. The highest BCUT2D eigenvalue weighted by molar-refractivity contribution is 5.89. The van der Waals surface area contributed by atoms with Gasteiger partial charge in [-0.05, 0) is 30.2 Å². The Bertz CT molecular complexity index is 1060. The van der Waals surface area contributed by atoms with Crippen LogP contribution in [0.25, 0.3) is 0 Å². The van der Waals surface area contributed by atoms with E-state index in [0.717, 1.165) is 22.5 Å². The SMILES string of the molecule is Cc1ccccc1COCc1nn(C)c2c1CN(C(=O)Nc1ccccc1F)CC2. The summed E-state index contributed by atoms with van der Waals surface area (Å²) in [4.78, 5) is 14.4. The summed E-state index contributed by atoms with van der Waals surface area (Å²) in [5.74, 6) is -0.449. The predicted molar refractivity (Wildman–Crippen MR) is 112 cm³/mol. The van der Waals surface area contributed by atoms with E-state index in [-0.39, 0.29) is 11.7 Å². The Morgan fingerprint density at radius 1 is 1.17 bits per heavy atom. The third kappa shape index (κ3) is 4.21. The fourth-order valence-electron chi connectivity index (χ4n) is 3.75. The van der Waals surface area contributed by atoms with Crippen LogP contribution in [0.15, 0.2) is 48.5 Å². The van der Waals surface area contributed by atoms with Gasteiger partial charge < -0.3 is 15.0 Å². The second-order valence-corrected chi connectivity index (χ2v) is 7.50. The van der Waals surface area contributed by atoms with Crippen LogP contribution in [-0.4, -0.2) is 27.3 Å². The molecule has 30 heavy (non-hydrogen) atoms. The lowest BCUT2D eigenvalue weighted by molar-refractivity contribution is 0.103. The summed E-state index contributed by atoms with van der Waals surface area (Å²) in [6, 6.07) is 14.0. The normalized spacial score (nSPS) is 13.2. The summed E-state index contributed by atoms with van der Waals surface area (Å²) in [5, 5.41) is 7.27. The summed E-state index contributed by atoms with van der Waals surface area (Å²) < 4.78 is 21.7. The van der Waals surface area contributed by atoms with Crippen LogP contribution in [0.5, 0.6) is 0 Å². The molecule has 156 valence electrons. The molecular weight excluding hydrogens is 383 g/mol. The Hall–Kier alpha value is -3.19. The number of aryl methyl sites for hydroxylation is 2. The van der Waals surface area contributed by atoms with Crippen LogP contribution in [0.2, 0.25) is 0 Å². The molecule has 0 unspecified atom stereocenters. The number of benzene rings is 2. The van der Waals surface area contributed by atoms with Crippen molar-refractivity contribution >= 4 is 11.7 Å². The summed E-state index contributed by atoms with van der Waals surface area (Å²) in [6.45, 7) is 3.92. The number of hydrogen-bond acceptors (Lipinski definition) is 3. The minimum absolute atomic E-state index is 0.182. The molecule has 1 aromatic heterocycles. The molecule has 6 nitrogen and oxygen atoms in total. The lowest BCUT2D eigenvalue weighted by atomic mass is 10.1. The zero-order valence-electron chi connectivity index (χ0n) is 17.2. The summed E-state index contributed by atoms with van der Waals surface area (Å²) in [7, 11) is 1.92. The molecule has 2 heterocycles. The predicted octanol–water partition coefficient (Wildman–Crippen LogP) is 4.17. The number of urea groups is 1. The molecule has 0 radical (unpaired) electrons. The highest BCUT2D eigenvalue weighted by atomic mass is 19.1. The molecule has 0 saturated carbocycles. The van der Waals surface area contributed by atoms with Crippen molar-refractivity contribution < 1.29 is 13.9 Å². The van der Waals surface area contributed by atoms with Gasteiger partial charge in [-0.25, -0.2) is 9.18 Å². The molecule has 2 amide bonds. The van der Waals surface area contributed by atoms with Crippen molar-refractivity contribution in [1.82, 2.24) is 14.7 Å². The first kappa shape index (κ1) is 20.1. The van der Waals surface area contributed by atoms with Gasteiger partial charge in [0.25, 0.3) is 0 Å². The number of aromatic nitrogens is 2. The lowest BCUT2D eigenvalue weighted by Gasteiger charge is -2.28. The highest BCUT2D eigenvalue weighted by Gasteiger charge is 2.27. The van der Waals surface area contributed by atoms with E-state index < -0.39 is 5.82 Å². The molecule has 2 aromatic carbocycles. The van der Waals surface area contributed by atoms with Crippen molar-refractivity contribution in [1.29, 1.82) is 0 Å². The number of halogens is 1. The average molecular weight is 408 g/mol. The van der Waals surface area contributed by atoms with Gasteiger partial charge in [-0.3, -0.25) is 4.68 Å². The summed E-state index contributed by atoms with van der Waals surface area (Å²) in [5.41, 5.74) is 5.48. The number of ether oxygens (including phenoxy) is 1. The maximum absolute atomic E-state index is 13.9. The van der Waals surface area contributed by atoms with Gasteiger partial charge in [0.05, 0.1) is 31.1 Å². The van der Waals surface area contributed by atoms with Crippen LogP contribution in [-0.2, 0) is 38.0 Å². The summed E-state index contributed by atoms with van der Waals surface area (Å²) >= 11 is 0. The molecular formula is C23H25FN4O2. The molecule has 0 atom stereocenters. The van der Waals surface area contributed by atoms with E-state index in [4.69, 9.17) is 4.74 Å². The molecule has 4 rings (SSSR count). The number of amides is 2. The second kappa shape index (κ2) is 8.67. The first-order valence-electron chi connectivity index (χ1n) is 9.99. The molecule has 0 spiro atoms. The molecule has 1 aliphatic rings. The maximum Gasteiger partial charge on any atom is 0.322 e. The number of carbonyl (C=O) groups is 1. The monoisotopic (exact) mass is 408 g/mol. The van der Waals surface area contributed by atoms with Crippen molar-refractivity contribution in [2.24, 2.45) is 7.05 Å². The molecule has 0 fully saturated rings. The zero-order chi connectivity index (χ0) is 21.1. The van der Waals surface area contributed by atoms with Gasteiger partial charge in [0.15, 0.2) is 0 Å². The van der Waals surface area contributed by atoms with Gasteiger partial charge in [0.2, 0.25) is 0 Å². The minimum Gasteiger partial charge on any atom is -0.370 e. The fourth-order valence-corrected chi connectivity index (χ4v) is 3.75. The third-order valence-corrected chi connectivity index (χ3v) is 5.49. The van der Waals surface area contributed by atoms with E-state index >= 15 is 0 Å². The van der Waals surface area contributed by atoms with Crippen molar-refractivity contribution in [3.8, 4) is 0 Å². The minimum atomic E-state index is -0.449. The number of carbonyl (C=O) groups excluding carboxylic acids is 1. The largest absolute Gasteiger partial charge is 0.370 e. The Balaban J connectivity index is 1.43. The van der Waals surface area contributed by atoms with Crippen molar-refractivity contribution in [3.05, 3.63) is 82.4 Å². The van der Waals surface area contributed by atoms with Gasteiger partial charge in [-0.1, -0.05) is 36.4 Å². The Labute approximate surface area is 175 Å². The van der Waals surface area contributed by atoms with Gasteiger partial charge >= 0.3 is 6.03 Å². The quantitative estimate of drug-likeness (QED) is 0.689. The fraction of sp³-hybridized carbons (Fsp3) is 0.304. The van der Waals surface area contributed by atoms with Crippen molar-refractivity contribution in [3.63, 3.8) is 0 Å². The van der Waals surface area contributed by atoms with Gasteiger partial charge in [0.1, 0.15) is 5.82 Å². The first-order valence-corrected chi connectivity index (χ1v) is 9.99. The van der Waals surface area contributed by atoms with Crippen molar-refractivity contribution in [2.75, 3.05) is 11.9 Å². The number of para-hydroxylation sites is 1. The molecule has 7 heteroatoms. The molecule has 3 aromatic rings. The number of rotatable bonds is 5. The number of hydrogen-bond donors (Lipinski definition) is 1. The number of fused-ring (bicyclic) bond motifs is 1. The van der Waals surface area contributed by atoms with Crippen LogP contribution >= 0.6 is 0 Å². The first-order chi connectivity index (χ1) is 14.5. The number of anilines is 1. The van der Waals surface area contributed by atoms with Crippen LogP contribution in [0, 0.1) is 12.7 Å². The van der Waals surface area contributed by atoms with E-state index in [9.17, 15) is 9.18 Å². The molecule has 1 N–H and O–H groups in total. The smallest absolute Gasteiger partial charge is 0.322 e. The molecule has 1 aliphatic heterocycles. The van der Waals surface area contributed by atoms with Crippen molar-refractivity contribution in [2.45, 2.75) is 33.1 Å². The van der Waals surface area contributed by atoms with Crippen LogP contribution in [0.4, 0.5) is 14.9 Å². The topological polar surface area (TPSA) is 59.4 Å². The highest BCUT2D eigenvalue weighted by Crippen LogP contribution is 2.24. The van der Waals surface area contributed by atoms with Crippen LogP contribution in [0.3, 0.4) is 0 Å². The zero-order valence-corrected chi connectivity index (χ0v) is 17.2. The molecule has 0 bridgehead atoms. The van der Waals surface area contributed by atoms with Gasteiger partial charge in [0, 0.05) is 31.3 Å². The van der Waals surface area contributed by atoms with E-state index in [1.807, 2.05) is 23.9 Å². The van der Waals surface area contributed by atoms with Gasteiger partial charge in [-0.2, -0.15) is 5.10 Å². The van der Waals surface area contributed by atoms with Crippen LogP contribution < -0.4 is 5.32 Å². The average Bonchev–Trinajstić information content (AvgIpc) is 3.06. The Kier molecular flexibility index (Phi) is 5.81. The second-order valence-electron chi connectivity index (χ2n) is 7.50. The molecule has 0 aliphatic carbocycles. The standard InChI is InChI=1S/C23H25FN4O2/c1-16-7-3-4-8-17(16)14-30-15-21-18-13-28(12-11-22(18)27(2)26-21)23(29)25-20-10-6-5-9-19(20)24/h3-10H,11-15H2,1-2H3,(H,25,29). The number of nitrogens with one attached hydrogen (secondary N) is 1. The van der Waals surface area contributed by atoms with E-state index in [1.165, 1.54) is 11.6 Å². The lowest BCUT2D eigenvalue weighted by Crippen LogP contribution is -2.39. The van der Waals surface area contributed by atoms with E-state index in [2.05, 4.69) is 29.5 Å². The summed E-state index contributed by atoms with van der Waals surface area (Å²) in [6.07, 6.45) is 0.696. The van der Waals surface area contributed by atoms with E-state index in [0.29, 0.717) is 32.7 Å². The van der Waals surface area contributed by atoms with E-state index in [1.54, 1.807) is 23.1 Å². The number of nitrogens with zero attached hydrogens (tertiary/aromatic N) is 3.